The van der Waals surface area contributed by atoms with Crippen LogP contribution < -0.4 is 4.90 Å². The Kier molecular flexibility index (Phi) is 2.72. The van der Waals surface area contributed by atoms with E-state index in [0.29, 0.717) is 6.54 Å². The fraction of sp³-hybridized carbons (Fsp3) is 0.250. The zero-order valence-electron chi connectivity index (χ0n) is 8.64. The molecule has 0 radical (unpaired) electrons. The van der Waals surface area contributed by atoms with Gasteiger partial charge in [-0.3, -0.25) is 0 Å². The topological polar surface area (TPSA) is 29.5 Å². The van der Waals surface area contributed by atoms with E-state index in [1.165, 1.54) is 7.11 Å². The molecule has 1 aliphatic heterocycles. The van der Waals surface area contributed by atoms with E-state index in [0.717, 1.165) is 17.8 Å². The van der Waals surface area contributed by atoms with Crippen LogP contribution >= 0.6 is 0 Å². The number of rotatable bonds is 2. The van der Waals surface area contributed by atoms with Crippen molar-refractivity contribution in [3.8, 4) is 0 Å². The van der Waals surface area contributed by atoms with Crippen molar-refractivity contribution in [2.45, 2.75) is 0 Å². The number of benzene rings is 1. The molecule has 1 aromatic rings. The number of carbonyl (C=O) groups is 1. The second kappa shape index (κ2) is 4.17. The highest BCUT2D eigenvalue weighted by atomic mass is 16.5. The number of nitrogens with zero attached hydrogens (tertiary/aromatic N) is 1. The first-order valence-electron chi connectivity index (χ1n) is 4.88. The minimum atomic E-state index is -0.228. The number of anilines is 1. The van der Waals surface area contributed by atoms with E-state index in [-0.39, 0.29) is 5.97 Å². The smallest absolute Gasteiger partial charge is 0.335 e. The van der Waals surface area contributed by atoms with E-state index >= 15 is 0 Å². The predicted octanol–water partition coefficient (Wildman–Crippen LogP) is 1.61. The number of hydrogen-bond acceptors (Lipinski definition) is 3. The lowest BCUT2D eigenvalue weighted by molar-refractivity contribution is -0.136. The van der Waals surface area contributed by atoms with Gasteiger partial charge in [0.05, 0.1) is 19.2 Å². The van der Waals surface area contributed by atoms with Crippen LogP contribution in [-0.4, -0.2) is 26.2 Å². The van der Waals surface area contributed by atoms with Crippen molar-refractivity contribution in [3.63, 3.8) is 0 Å². The van der Waals surface area contributed by atoms with Crippen molar-refractivity contribution in [2.24, 2.45) is 0 Å². The van der Waals surface area contributed by atoms with Crippen LogP contribution in [0.1, 0.15) is 0 Å². The van der Waals surface area contributed by atoms with Crippen LogP contribution in [0, 0.1) is 0 Å². The summed E-state index contributed by atoms with van der Waals surface area (Å²) < 4.78 is 4.68. The molecule has 3 heteroatoms. The normalized spacial score (nSPS) is 15.0. The summed E-state index contributed by atoms with van der Waals surface area (Å²) in [4.78, 5) is 13.4. The third-order valence-corrected chi connectivity index (χ3v) is 2.49. The Labute approximate surface area is 89.0 Å². The fourth-order valence-corrected chi connectivity index (χ4v) is 1.67. The molecule has 0 amide bonds. The molecule has 0 unspecified atom stereocenters. The van der Waals surface area contributed by atoms with Crippen LogP contribution in [0.3, 0.4) is 0 Å². The lowest BCUT2D eigenvalue weighted by Crippen LogP contribution is -2.21. The SMILES string of the molecule is COC(=O)C1=CCN(c2ccccc2)C1. The molecule has 1 heterocycles. The standard InChI is InChI=1S/C12H13NO2/c1-15-12(14)10-7-8-13(9-10)11-5-3-2-4-6-11/h2-7H,8-9H2,1H3. The van der Waals surface area contributed by atoms with Gasteiger partial charge in [-0.1, -0.05) is 24.3 Å². The van der Waals surface area contributed by atoms with Crippen LogP contribution in [0.5, 0.6) is 0 Å². The molecule has 0 aliphatic carbocycles. The molecule has 0 spiro atoms. The molecule has 0 saturated carbocycles. The van der Waals surface area contributed by atoms with E-state index in [1.807, 2.05) is 36.4 Å². The Morgan fingerprint density at radius 2 is 2.07 bits per heavy atom. The first-order chi connectivity index (χ1) is 7.31. The van der Waals surface area contributed by atoms with Gasteiger partial charge in [-0.2, -0.15) is 0 Å². The Balaban J connectivity index is 2.05. The number of para-hydroxylation sites is 1. The molecule has 2 rings (SSSR count). The zero-order chi connectivity index (χ0) is 10.7. The van der Waals surface area contributed by atoms with Crippen LogP contribution in [0.4, 0.5) is 5.69 Å². The van der Waals surface area contributed by atoms with Gasteiger partial charge < -0.3 is 9.64 Å². The largest absolute Gasteiger partial charge is 0.466 e. The van der Waals surface area contributed by atoms with E-state index in [4.69, 9.17) is 0 Å². The maximum absolute atomic E-state index is 11.3. The van der Waals surface area contributed by atoms with Gasteiger partial charge in [-0.05, 0) is 12.1 Å². The van der Waals surface area contributed by atoms with Gasteiger partial charge in [0.2, 0.25) is 0 Å². The van der Waals surface area contributed by atoms with Crippen molar-refractivity contribution in [2.75, 3.05) is 25.1 Å². The molecule has 0 aromatic heterocycles. The van der Waals surface area contributed by atoms with Crippen LogP contribution in [-0.2, 0) is 9.53 Å². The highest BCUT2D eigenvalue weighted by Crippen LogP contribution is 2.19. The summed E-state index contributed by atoms with van der Waals surface area (Å²) in [6.45, 7) is 1.41. The second-order valence-electron chi connectivity index (χ2n) is 3.44. The highest BCUT2D eigenvalue weighted by molar-refractivity contribution is 5.90. The molecule has 78 valence electrons. The van der Waals surface area contributed by atoms with Gasteiger partial charge in [-0.25, -0.2) is 4.79 Å². The molecule has 0 fully saturated rings. The third-order valence-electron chi connectivity index (χ3n) is 2.49. The van der Waals surface area contributed by atoms with Crippen LogP contribution in [0.25, 0.3) is 0 Å². The summed E-state index contributed by atoms with van der Waals surface area (Å²) in [6.07, 6.45) is 1.92. The molecule has 0 bridgehead atoms. The average Bonchev–Trinajstić information content (AvgIpc) is 2.78. The maximum atomic E-state index is 11.3. The van der Waals surface area contributed by atoms with Crippen molar-refractivity contribution in [1.29, 1.82) is 0 Å². The third kappa shape index (κ3) is 2.01. The minimum absolute atomic E-state index is 0.228. The molecule has 1 aliphatic rings. The molecule has 1 aromatic carbocycles. The van der Waals surface area contributed by atoms with Gasteiger partial charge in [0.1, 0.15) is 0 Å². The lowest BCUT2D eigenvalue weighted by atomic mass is 10.3. The van der Waals surface area contributed by atoms with E-state index in [1.54, 1.807) is 0 Å². The number of methoxy groups -OCH3 is 1. The summed E-state index contributed by atoms with van der Waals surface area (Å²) in [5.74, 6) is -0.228. The first-order valence-corrected chi connectivity index (χ1v) is 4.88. The second-order valence-corrected chi connectivity index (χ2v) is 3.44. The van der Waals surface area contributed by atoms with Gasteiger partial charge in [0.15, 0.2) is 0 Å². The summed E-state index contributed by atoms with van der Waals surface area (Å²) >= 11 is 0. The molecule has 0 saturated heterocycles. The quantitative estimate of drug-likeness (QED) is 0.684. The number of esters is 1. The summed E-state index contributed by atoms with van der Waals surface area (Å²) in [5.41, 5.74) is 1.87. The first kappa shape index (κ1) is 9.77. The summed E-state index contributed by atoms with van der Waals surface area (Å²) in [7, 11) is 1.41. The zero-order valence-corrected chi connectivity index (χ0v) is 8.64. The highest BCUT2D eigenvalue weighted by Gasteiger charge is 2.19. The minimum Gasteiger partial charge on any atom is -0.466 e. The van der Waals surface area contributed by atoms with Crippen molar-refractivity contribution in [3.05, 3.63) is 42.0 Å². The van der Waals surface area contributed by atoms with E-state index in [2.05, 4.69) is 9.64 Å². The van der Waals surface area contributed by atoms with E-state index < -0.39 is 0 Å². The van der Waals surface area contributed by atoms with Crippen LogP contribution in [0.15, 0.2) is 42.0 Å². The Morgan fingerprint density at radius 1 is 1.33 bits per heavy atom. The number of ether oxygens (including phenoxy) is 1. The molecular formula is C12H13NO2. The molecule has 3 nitrogen and oxygen atoms in total. The number of carbonyl (C=O) groups excluding carboxylic acids is 1. The molecular weight excluding hydrogens is 190 g/mol. The van der Waals surface area contributed by atoms with Crippen LogP contribution in [0.2, 0.25) is 0 Å². The van der Waals surface area contributed by atoms with E-state index in [9.17, 15) is 4.79 Å². The van der Waals surface area contributed by atoms with Gasteiger partial charge >= 0.3 is 5.97 Å². The Morgan fingerprint density at radius 3 is 2.73 bits per heavy atom. The summed E-state index contributed by atoms with van der Waals surface area (Å²) in [6, 6.07) is 10.0. The fourth-order valence-electron chi connectivity index (χ4n) is 1.67. The van der Waals surface area contributed by atoms with Gasteiger partial charge in [0, 0.05) is 12.2 Å². The molecule has 0 N–H and O–H groups in total. The Hall–Kier alpha value is -1.77. The van der Waals surface area contributed by atoms with Crippen molar-refractivity contribution < 1.29 is 9.53 Å². The van der Waals surface area contributed by atoms with Crippen molar-refractivity contribution in [1.82, 2.24) is 0 Å². The van der Waals surface area contributed by atoms with Gasteiger partial charge in [0.25, 0.3) is 0 Å². The van der Waals surface area contributed by atoms with Crippen molar-refractivity contribution >= 4 is 11.7 Å². The molecule has 0 atom stereocenters. The lowest BCUT2D eigenvalue weighted by Gasteiger charge is -2.17. The van der Waals surface area contributed by atoms with Gasteiger partial charge in [-0.15, -0.1) is 0 Å². The maximum Gasteiger partial charge on any atom is 0.335 e. The summed E-state index contributed by atoms with van der Waals surface area (Å²) in [5, 5.41) is 0. The molecule has 15 heavy (non-hydrogen) atoms. The predicted molar refractivity (Wildman–Crippen MR) is 58.8 cm³/mol. The number of hydrogen-bond donors (Lipinski definition) is 0. The Bertz CT molecular complexity index is 384. The average molecular weight is 203 g/mol. The monoisotopic (exact) mass is 203 g/mol.